The Labute approximate surface area is 179 Å². The molecule has 0 aliphatic heterocycles. The van der Waals surface area contributed by atoms with Crippen LogP contribution >= 0.6 is 11.6 Å². The summed E-state index contributed by atoms with van der Waals surface area (Å²) >= 11 is 5.95. The maximum Gasteiger partial charge on any atom is 0.251 e. The highest BCUT2D eigenvalue weighted by Crippen LogP contribution is 2.24. The van der Waals surface area contributed by atoms with Crippen molar-refractivity contribution in [3.05, 3.63) is 70.2 Å². The Morgan fingerprint density at radius 2 is 1.55 bits per heavy atom. The molecule has 2 rings (SSSR count). The van der Waals surface area contributed by atoms with Gasteiger partial charge in [0.2, 0.25) is 5.91 Å². The largest absolute Gasteiger partial charge is 0.352 e. The predicted octanol–water partition coefficient (Wildman–Crippen LogP) is 5.27. The van der Waals surface area contributed by atoms with Crippen LogP contribution in [0.25, 0.3) is 0 Å². The van der Waals surface area contributed by atoms with Crippen molar-refractivity contribution in [3.63, 3.8) is 0 Å². The summed E-state index contributed by atoms with van der Waals surface area (Å²) in [5, 5.41) is 6.54. The van der Waals surface area contributed by atoms with Gasteiger partial charge in [-0.25, -0.2) is 0 Å². The Bertz CT molecular complexity index is 821. The Balaban J connectivity index is 1.86. The van der Waals surface area contributed by atoms with Crippen molar-refractivity contribution in [1.82, 2.24) is 10.6 Å². The number of nitrogens with one attached hydrogen (secondary N) is 2. The minimum Gasteiger partial charge on any atom is -0.352 e. The third-order valence-electron chi connectivity index (χ3n) is 4.86. The lowest BCUT2D eigenvalue weighted by molar-refractivity contribution is -0.122. The van der Waals surface area contributed by atoms with E-state index >= 15 is 0 Å². The maximum absolute atomic E-state index is 12.4. The number of halogens is 1. The summed E-state index contributed by atoms with van der Waals surface area (Å²) in [6.45, 7) is 10.8. The number of carbonyl (C=O) groups excluding carboxylic acids is 2. The van der Waals surface area contributed by atoms with Gasteiger partial charge in [-0.15, -0.1) is 0 Å². The van der Waals surface area contributed by atoms with Crippen molar-refractivity contribution in [2.75, 3.05) is 6.54 Å². The second-order valence-electron chi connectivity index (χ2n) is 8.67. The van der Waals surface area contributed by atoms with E-state index in [0.29, 0.717) is 10.6 Å². The molecule has 0 aliphatic rings. The van der Waals surface area contributed by atoms with Crippen LogP contribution in [0.3, 0.4) is 0 Å². The molecule has 0 aliphatic carbocycles. The highest BCUT2D eigenvalue weighted by Gasteiger charge is 2.18. The summed E-state index contributed by atoms with van der Waals surface area (Å²) in [5.74, 6) is -0.0329. The predicted molar refractivity (Wildman–Crippen MR) is 119 cm³/mol. The van der Waals surface area contributed by atoms with Gasteiger partial charge in [-0.3, -0.25) is 9.59 Å². The normalized spacial score (nSPS) is 12.5. The van der Waals surface area contributed by atoms with Gasteiger partial charge in [0, 0.05) is 23.6 Å². The van der Waals surface area contributed by atoms with Gasteiger partial charge in [-0.2, -0.15) is 0 Å². The highest BCUT2D eigenvalue weighted by molar-refractivity contribution is 6.30. The number of hydrogen-bond acceptors (Lipinski definition) is 2. The average molecular weight is 415 g/mol. The number of hydrogen-bond donors (Lipinski definition) is 2. The summed E-state index contributed by atoms with van der Waals surface area (Å²) < 4.78 is 0. The van der Waals surface area contributed by atoms with E-state index in [2.05, 4.69) is 45.3 Å². The van der Waals surface area contributed by atoms with Crippen LogP contribution in [0.2, 0.25) is 5.02 Å². The van der Waals surface area contributed by atoms with Gasteiger partial charge in [0.05, 0.1) is 6.04 Å². The zero-order valence-electron chi connectivity index (χ0n) is 17.9. The first-order valence-electron chi connectivity index (χ1n) is 10.0. The van der Waals surface area contributed by atoms with E-state index in [4.69, 9.17) is 11.6 Å². The van der Waals surface area contributed by atoms with E-state index in [1.165, 1.54) is 5.56 Å². The molecule has 2 aromatic carbocycles. The molecule has 0 bridgehead atoms. The minimum atomic E-state index is -0.170. The molecule has 2 aromatic rings. The first kappa shape index (κ1) is 23.0. The van der Waals surface area contributed by atoms with Gasteiger partial charge in [0.1, 0.15) is 0 Å². The molecule has 0 saturated carbocycles. The number of benzene rings is 2. The topological polar surface area (TPSA) is 58.2 Å². The average Bonchev–Trinajstić information content (AvgIpc) is 2.66. The van der Waals surface area contributed by atoms with Crippen molar-refractivity contribution < 1.29 is 9.59 Å². The molecule has 1 unspecified atom stereocenters. The minimum absolute atomic E-state index is 0.0458. The van der Waals surface area contributed by atoms with Crippen LogP contribution in [0, 0.1) is 5.92 Å². The molecule has 0 aromatic heterocycles. The van der Waals surface area contributed by atoms with Crippen molar-refractivity contribution in [2.24, 2.45) is 5.92 Å². The highest BCUT2D eigenvalue weighted by atomic mass is 35.5. The van der Waals surface area contributed by atoms with Gasteiger partial charge < -0.3 is 10.6 Å². The van der Waals surface area contributed by atoms with E-state index in [1.54, 1.807) is 0 Å². The van der Waals surface area contributed by atoms with Gasteiger partial charge in [-0.05, 0) is 46.7 Å². The van der Waals surface area contributed by atoms with Crippen molar-refractivity contribution >= 4 is 23.4 Å². The summed E-state index contributed by atoms with van der Waals surface area (Å²) in [6.07, 6.45) is 0.225. The van der Waals surface area contributed by atoms with Crippen LogP contribution < -0.4 is 10.6 Å². The summed E-state index contributed by atoms with van der Waals surface area (Å²) in [6, 6.07) is 15.0. The number of carbonyl (C=O) groups is 2. The standard InChI is InChI=1S/C24H31ClN2O2/c1-16(2)22(17-8-12-20(25)13-9-17)27-21(28)14-15-26-23(29)18-6-10-19(11-7-18)24(3,4)5/h6-13,16,22H,14-15H2,1-5H3,(H,26,29)(H,27,28). The van der Waals surface area contributed by atoms with Crippen molar-refractivity contribution in [1.29, 1.82) is 0 Å². The molecule has 2 amide bonds. The van der Waals surface area contributed by atoms with E-state index in [9.17, 15) is 9.59 Å². The van der Waals surface area contributed by atoms with Crippen molar-refractivity contribution in [3.8, 4) is 0 Å². The SMILES string of the molecule is CC(C)C(NC(=O)CCNC(=O)c1ccc(C(C)(C)C)cc1)c1ccc(Cl)cc1. The van der Waals surface area contributed by atoms with E-state index in [1.807, 2.05) is 48.5 Å². The smallest absolute Gasteiger partial charge is 0.251 e. The van der Waals surface area contributed by atoms with Crippen LogP contribution in [-0.2, 0) is 10.2 Å². The first-order valence-corrected chi connectivity index (χ1v) is 10.4. The lowest BCUT2D eigenvalue weighted by Gasteiger charge is -2.23. The Hall–Kier alpha value is -2.33. The van der Waals surface area contributed by atoms with E-state index in [-0.39, 0.29) is 42.2 Å². The Morgan fingerprint density at radius 3 is 2.07 bits per heavy atom. The third-order valence-corrected chi connectivity index (χ3v) is 5.11. The zero-order valence-corrected chi connectivity index (χ0v) is 18.6. The number of amides is 2. The Morgan fingerprint density at radius 1 is 0.966 bits per heavy atom. The van der Waals surface area contributed by atoms with Crippen LogP contribution in [0.1, 0.15) is 68.6 Å². The fourth-order valence-electron chi connectivity index (χ4n) is 3.06. The van der Waals surface area contributed by atoms with E-state index in [0.717, 1.165) is 5.56 Å². The molecule has 4 nitrogen and oxygen atoms in total. The second-order valence-corrected chi connectivity index (χ2v) is 9.11. The maximum atomic E-state index is 12.4. The summed E-state index contributed by atoms with van der Waals surface area (Å²) in [5.41, 5.74) is 2.83. The van der Waals surface area contributed by atoms with Gasteiger partial charge in [0.15, 0.2) is 0 Å². The van der Waals surface area contributed by atoms with Crippen LogP contribution in [0.15, 0.2) is 48.5 Å². The molecule has 156 valence electrons. The van der Waals surface area contributed by atoms with Crippen molar-refractivity contribution in [2.45, 2.75) is 52.5 Å². The molecule has 0 heterocycles. The quantitative estimate of drug-likeness (QED) is 0.648. The molecule has 0 fully saturated rings. The number of rotatable bonds is 7. The molecular formula is C24H31ClN2O2. The second kappa shape index (κ2) is 9.93. The molecule has 0 radical (unpaired) electrons. The zero-order chi connectivity index (χ0) is 21.6. The molecule has 0 spiro atoms. The lowest BCUT2D eigenvalue weighted by Crippen LogP contribution is -2.34. The Kier molecular flexibility index (Phi) is 7.86. The van der Waals surface area contributed by atoms with Gasteiger partial charge in [-0.1, -0.05) is 70.5 Å². The van der Waals surface area contributed by atoms with Crippen LogP contribution in [-0.4, -0.2) is 18.4 Å². The summed E-state index contributed by atoms with van der Waals surface area (Å²) in [4.78, 5) is 24.7. The van der Waals surface area contributed by atoms with Crippen LogP contribution in [0.5, 0.6) is 0 Å². The molecule has 5 heteroatoms. The van der Waals surface area contributed by atoms with Gasteiger partial charge >= 0.3 is 0 Å². The summed E-state index contributed by atoms with van der Waals surface area (Å²) in [7, 11) is 0. The lowest BCUT2D eigenvalue weighted by atomic mass is 9.87. The molecule has 2 N–H and O–H groups in total. The van der Waals surface area contributed by atoms with Gasteiger partial charge in [0.25, 0.3) is 5.91 Å². The molecular weight excluding hydrogens is 384 g/mol. The van der Waals surface area contributed by atoms with E-state index < -0.39 is 0 Å². The third kappa shape index (κ3) is 6.90. The molecule has 0 saturated heterocycles. The monoisotopic (exact) mass is 414 g/mol. The fraction of sp³-hybridized carbons (Fsp3) is 0.417. The first-order chi connectivity index (χ1) is 13.6. The van der Waals surface area contributed by atoms with Crippen LogP contribution in [0.4, 0.5) is 0 Å². The fourth-order valence-corrected chi connectivity index (χ4v) is 3.19. The molecule has 29 heavy (non-hydrogen) atoms. The molecule has 1 atom stereocenters.